The molecule has 0 aliphatic heterocycles. The smallest absolute Gasteiger partial charge is 0.408 e. The molecule has 182 valence electrons. The fourth-order valence-corrected chi connectivity index (χ4v) is 4.57. The summed E-state index contributed by atoms with van der Waals surface area (Å²) in [6.45, 7) is 6.60. The predicted octanol–water partition coefficient (Wildman–Crippen LogP) is 4.71. The van der Waals surface area contributed by atoms with E-state index in [0.29, 0.717) is 38.9 Å². The maximum atomic E-state index is 13.6. The lowest BCUT2D eigenvalue weighted by molar-refractivity contribution is -0.134. The largest absolute Gasteiger partial charge is 0.465 e. The molecule has 0 saturated carbocycles. The quantitative estimate of drug-likeness (QED) is 0.370. The Kier molecular flexibility index (Phi) is 10.7. The van der Waals surface area contributed by atoms with Crippen molar-refractivity contribution in [3.05, 3.63) is 44.8 Å². The number of nitrogens with one attached hydrogen (secondary N) is 2. The first-order valence-electron chi connectivity index (χ1n) is 10.9. The molecule has 2 aromatic heterocycles. The summed E-state index contributed by atoms with van der Waals surface area (Å²) in [5, 5.41) is 17.8. The normalized spacial score (nSPS) is 12.1. The predicted molar refractivity (Wildman–Crippen MR) is 131 cm³/mol. The van der Waals surface area contributed by atoms with E-state index in [4.69, 9.17) is 9.84 Å². The zero-order valence-corrected chi connectivity index (χ0v) is 21.0. The minimum atomic E-state index is -1.08. The van der Waals surface area contributed by atoms with E-state index in [1.807, 2.05) is 35.0 Å². The molecule has 0 unspecified atom stereocenters. The van der Waals surface area contributed by atoms with Gasteiger partial charge in [-0.25, -0.2) is 9.59 Å². The summed E-state index contributed by atoms with van der Waals surface area (Å²) in [6.07, 6.45) is 0.538. The van der Waals surface area contributed by atoms with E-state index in [-0.39, 0.29) is 5.91 Å². The Morgan fingerprint density at radius 2 is 1.76 bits per heavy atom. The third-order valence-electron chi connectivity index (χ3n) is 4.63. The van der Waals surface area contributed by atoms with Gasteiger partial charge in [-0.15, -0.1) is 22.7 Å². The molecule has 3 amide bonds. The van der Waals surface area contributed by atoms with Crippen LogP contribution in [0.3, 0.4) is 0 Å². The van der Waals surface area contributed by atoms with Crippen LogP contribution in [0.2, 0.25) is 0 Å². The van der Waals surface area contributed by atoms with Gasteiger partial charge in [0.2, 0.25) is 5.91 Å². The first kappa shape index (κ1) is 26.7. The summed E-state index contributed by atoms with van der Waals surface area (Å²) in [7, 11) is 0. The minimum Gasteiger partial charge on any atom is -0.465 e. The highest BCUT2D eigenvalue weighted by Crippen LogP contribution is 2.17. The lowest BCUT2D eigenvalue weighted by Gasteiger charge is -2.29. The van der Waals surface area contributed by atoms with Crippen molar-refractivity contribution in [3.8, 4) is 0 Å². The fourth-order valence-electron chi connectivity index (χ4n) is 3.15. The number of carbonyl (C=O) groups excluding carboxylic acids is 2. The Hall–Kier alpha value is -2.59. The van der Waals surface area contributed by atoms with Crippen molar-refractivity contribution in [1.82, 2.24) is 15.5 Å². The minimum absolute atomic E-state index is 0.169. The average molecular weight is 496 g/mol. The molecule has 8 nitrogen and oxygen atoms in total. The molecule has 0 spiro atoms. The van der Waals surface area contributed by atoms with Crippen molar-refractivity contribution in [2.24, 2.45) is 0 Å². The summed E-state index contributed by atoms with van der Waals surface area (Å²) in [4.78, 5) is 40.7. The summed E-state index contributed by atoms with van der Waals surface area (Å²) >= 11 is 3.24. The van der Waals surface area contributed by atoms with Crippen LogP contribution in [0.1, 0.15) is 49.8 Å². The summed E-state index contributed by atoms with van der Waals surface area (Å²) in [5.74, 6) is -0.169. The highest BCUT2D eigenvalue weighted by molar-refractivity contribution is 7.10. The van der Waals surface area contributed by atoms with Gasteiger partial charge in [0.05, 0.1) is 6.54 Å². The Morgan fingerprint density at radius 3 is 2.33 bits per heavy atom. The molecule has 0 aliphatic carbocycles. The Bertz CT molecular complexity index is 863. The standard InChI is InChI=1S/C23H33N3O5S2/c1-23(2,3)31-22(30)25-19(10-4-5-12-24-21(28)29)20(27)26(16-18-9-7-15-33-18)13-11-17-8-6-14-32-17/h6-9,14-15,19,24H,4-5,10-13,16H2,1-3H3,(H,25,30)(H,28,29)/t19-/m1/s1. The number of rotatable bonds is 12. The number of hydrogen-bond donors (Lipinski definition) is 3. The number of alkyl carbamates (subject to hydrolysis) is 1. The number of nitrogens with zero attached hydrogens (tertiary/aromatic N) is 1. The van der Waals surface area contributed by atoms with Crippen LogP contribution >= 0.6 is 22.7 Å². The van der Waals surface area contributed by atoms with Crippen LogP contribution in [-0.2, 0) is 22.5 Å². The molecule has 3 N–H and O–H groups in total. The topological polar surface area (TPSA) is 108 Å². The monoisotopic (exact) mass is 495 g/mol. The number of hydrogen-bond acceptors (Lipinski definition) is 6. The number of unbranched alkanes of at least 4 members (excludes halogenated alkanes) is 1. The van der Waals surface area contributed by atoms with E-state index < -0.39 is 23.8 Å². The van der Waals surface area contributed by atoms with Gasteiger partial charge in [-0.05, 0) is 69.3 Å². The zero-order valence-electron chi connectivity index (χ0n) is 19.3. The third-order valence-corrected chi connectivity index (χ3v) is 6.43. The van der Waals surface area contributed by atoms with E-state index in [1.54, 1.807) is 48.3 Å². The first-order valence-corrected chi connectivity index (χ1v) is 12.7. The molecule has 0 aliphatic rings. The molecule has 2 heterocycles. The molecule has 0 saturated heterocycles. The summed E-state index contributed by atoms with van der Waals surface area (Å²) in [6, 6.07) is 7.22. The van der Waals surface area contributed by atoms with Crippen LogP contribution in [0.25, 0.3) is 0 Å². The molecule has 2 aromatic rings. The van der Waals surface area contributed by atoms with Gasteiger partial charge in [-0.3, -0.25) is 4.79 Å². The Morgan fingerprint density at radius 1 is 1.09 bits per heavy atom. The van der Waals surface area contributed by atoms with Gasteiger partial charge < -0.3 is 25.4 Å². The van der Waals surface area contributed by atoms with Crippen molar-refractivity contribution in [3.63, 3.8) is 0 Å². The van der Waals surface area contributed by atoms with Gasteiger partial charge in [-0.2, -0.15) is 0 Å². The molecule has 0 fully saturated rings. The number of ether oxygens (including phenoxy) is 1. The molecular weight excluding hydrogens is 462 g/mol. The van der Waals surface area contributed by atoms with Crippen LogP contribution in [-0.4, -0.2) is 52.8 Å². The highest BCUT2D eigenvalue weighted by Gasteiger charge is 2.28. The highest BCUT2D eigenvalue weighted by atomic mass is 32.1. The van der Waals surface area contributed by atoms with Crippen molar-refractivity contribution in [1.29, 1.82) is 0 Å². The Balaban J connectivity index is 2.09. The van der Waals surface area contributed by atoms with Crippen LogP contribution in [0.4, 0.5) is 9.59 Å². The van der Waals surface area contributed by atoms with E-state index in [0.717, 1.165) is 11.3 Å². The maximum absolute atomic E-state index is 13.6. The van der Waals surface area contributed by atoms with Gasteiger partial charge >= 0.3 is 12.2 Å². The summed E-state index contributed by atoms with van der Waals surface area (Å²) in [5.41, 5.74) is -0.682. The first-order chi connectivity index (χ1) is 15.6. The number of carbonyl (C=O) groups is 3. The number of thiophene rings is 2. The van der Waals surface area contributed by atoms with Crippen LogP contribution in [0, 0.1) is 0 Å². The molecule has 10 heteroatoms. The SMILES string of the molecule is CC(C)(C)OC(=O)N[C@H](CCCCNC(=O)O)C(=O)N(CCc1cccs1)Cc1cccs1. The van der Waals surface area contributed by atoms with Crippen LogP contribution in [0.15, 0.2) is 35.0 Å². The number of carboxylic acid groups (broad SMARTS) is 1. The molecule has 0 radical (unpaired) electrons. The lowest BCUT2D eigenvalue weighted by Crippen LogP contribution is -2.50. The van der Waals surface area contributed by atoms with Crippen LogP contribution in [0.5, 0.6) is 0 Å². The van der Waals surface area contributed by atoms with Crippen molar-refractivity contribution in [2.45, 2.75) is 64.6 Å². The maximum Gasteiger partial charge on any atom is 0.408 e. The second-order valence-corrected chi connectivity index (χ2v) is 10.7. The Labute approximate surface area is 202 Å². The van der Waals surface area contributed by atoms with E-state index in [1.165, 1.54) is 4.88 Å². The average Bonchev–Trinajstić information content (AvgIpc) is 3.42. The van der Waals surface area contributed by atoms with E-state index in [2.05, 4.69) is 10.6 Å². The van der Waals surface area contributed by atoms with Gasteiger partial charge in [-0.1, -0.05) is 12.1 Å². The lowest BCUT2D eigenvalue weighted by atomic mass is 10.1. The van der Waals surface area contributed by atoms with Gasteiger partial charge in [0.25, 0.3) is 0 Å². The second-order valence-electron chi connectivity index (χ2n) is 8.60. The van der Waals surface area contributed by atoms with E-state index in [9.17, 15) is 14.4 Å². The molecule has 33 heavy (non-hydrogen) atoms. The van der Waals surface area contributed by atoms with Crippen molar-refractivity contribution >= 4 is 40.8 Å². The zero-order chi connectivity index (χ0) is 24.3. The second kappa shape index (κ2) is 13.2. The van der Waals surface area contributed by atoms with Gasteiger partial charge in [0, 0.05) is 22.8 Å². The van der Waals surface area contributed by atoms with Crippen molar-refractivity contribution < 1.29 is 24.2 Å². The molecule has 2 rings (SSSR count). The molecule has 1 atom stereocenters. The fraction of sp³-hybridized carbons (Fsp3) is 0.522. The van der Waals surface area contributed by atoms with Gasteiger partial charge in [0.1, 0.15) is 11.6 Å². The number of amides is 3. The molecule has 0 bridgehead atoms. The van der Waals surface area contributed by atoms with Crippen LogP contribution < -0.4 is 10.6 Å². The van der Waals surface area contributed by atoms with Crippen molar-refractivity contribution in [2.75, 3.05) is 13.1 Å². The third kappa shape index (κ3) is 10.7. The molecular formula is C23H33N3O5S2. The van der Waals surface area contributed by atoms with Gasteiger partial charge in [0.15, 0.2) is 0 Å². The van der Waals surface area contributed by atoms with E-state index >= 15 is 0 Å². The summed E-state index contributed by atoms with van der Waals surface area (Å²) < 4.78 is 5.37. The molecule has 0 aromatic carbocycles.